The zero-order valence-corrected chi connectivity index (χ0v) is 13.6. The van der Waals surface area contributed by atoms with Crippen molar-refractivity contribution in [3.8, 4) is 11.6 Å². The zero-order valence-electron chi connectivity index (χ0n) is 12.1. The summed E-state index contributed by atoms with van der Waals surface area (Å²) in [5.41, 5.74) is 1.98. The molecule has 2 aromatic rings. The summed E-state index contributed by atoms with van der Waals surface area (Å²) in [4.78, 5) is 4.28. The second-order valence-electron chi connectivity index (χ2n) is 4.82. The molecule has 112 valence electrons. The van der Waals surface area contributed by atoms with Gasteiger partial charge in [-0.3, -0.25) is 0 Å². The number of hydrogen-bond acceptors (Lipinski definition) is 3. The van der Waals surface area contributed by atoms with Gasteiger partial charge in [-0.2, -0.15) is 0 Å². The van der Waals surface area contributed by atoms with Crippen LogP contribution in [0.4, 0.5) is 0 Å². The fourth-order valence-corrected chi connectivity index (χ4v) is 2.18. The third-order valence-corrected chi connectivity index (χ3v) is 3.66. The van der Waals surface area contributed by atoms with E-state index >= 15 is 0 Å². The van der Waals surface area contributed by atoms with Gasteiger partial charge in [0.05, 0.1) is 0 Å². The van der Waals surface area contributed by atoms with Crippen molar-refractivity contribution in [2.45, 2.75) is 26.8 Å². The second-order valence-corrected chi connectivity index (χ2v) is 5.63. The highest BCUT2D eigenvalue weighted by Gasteiger charge is 2.07. The highest BCUT2D eigenvalue weighted by Crippen LogP contribution is 2.29. The van der Waals surface area contributed by atoms with E-state index in [2.05, 4.69) is 17.2 Å². The summed E-state index contributed by atoms with van der Waals surface area (Å²) in [6, 6.07) is 7.32. The fraction of sp³-hybridized carbons (Fsp3) is 0.312. The monoisotopic (exact) mass is 324 g/mol. The van der Waals surface area contributed by atoms with Crippen LogP contribution in [0.3, 0.4) is 0 Å². The van der Waals surface area contributed by atoms with E-state index in [1.807, 2.05) is 19.1 Å². The molecule has 0 amide bonds. The normalized spacial score (nSPS) is 10.7. The van der Waals surface area contributed by atoms with Crippen molar-refractivity contribution in [2.75, 3.05) is 6.54 Å². The summed E-state index contributed by atoms with van der Waals surface area (Å²) in [7, 11) is 0. The molecule has 3 nitrogen and oxygen atoms in total. The quantitative estimate of drug-likeness (QED) is 0.760. The summed E-state index contributed by atoms with van der Waals surface area (Å²) in [6.45, 7) is 5.77. The third-order valence-electron chi connectivity index (χ3n) is 2.96. The Balaban J connectivity index is 2.08. The molecule has 0 spiro atoms. The number of benzene rings is 1. The first-order valence-electron chi connectivity index (χ1n) is 6.89. The Morgan fingerprint density at radius 1 is 1.19 bits per heavy atom. The van der Waals surface area contributed by atoms with Crippen LogP contribution < -0.4 is 10.1 Å². The molecule has 0 aliphatic rings. The van der Waals surface area contributed by atoms with Crippen molar-refractivity contribution in [1.29, 1.82) is 0 Å². The maximum absolute atomic E-state index is 6.22. The SMILES string of the molecule is CCCNCc1cnc(Oc2ccc(Cl)c(C)c2)c(Cl)c1. The van der Waals surface area contributed by atoms with Crippen LogP contribution in [0.25, 0.3) is 0 Å². The number of aryl methyl sites for hydroxylation is 1. The molecule has 0 bridgehead atoms. The topological polar surface area (TPSA) is 34.2 Å². The highest BCUT2D eigenvalue weighted by atomic mass is 35.5. The Labute approximate surface area is 135 Å². The lowest BCUT2D eigenvalue weighted by Gasteiger charge is -2.09. The number of pyridine rings is 1. The van der Waals surface area contributed by atoms with Crippen LogP contribution >= 0.6 is 23.2 Å². The molecule has 0 saturated heterocycles. The molecule has 5 heteroatoms. The molecule has 21 heavy (non-hydrogen) atoms. The Kier molecular flexibility index (Phi) is 5.85. The number of halogens is 2. The smallest absolute Gasteiger partial charge is 0.238 e. The summed E-state index contributed by atoms with van der Waals surface area (Å²) in [6.07, 6.45) is 2.87. The van der Waals surface area contributed by atoms with Crippen LogP contribution in [0.1, 0.15) is 24.5 Å². The van der Waals surface area contributed by atoms with E-state index in [1.165, 1.54) is 0 Å². The van der Waals surface area contributed by atoms with E-state index in [-0.39, 0.29) is 0 Å². The van der Waals surface area contributed by atoms with Crippen LogP contribution in [0.2, 0.25) is 10.0 Å². The van der Waals surface area contributed by atoms with Gasteiger partial charge in [-0.05, 0) is 55.3 Å². The van der Waals surface area contributed by atoms with E-state index in [9.17, 15) is 0 Å². The van der Waals surface area contributed by atoms with E-state index in [1.54, 1.807) is 18.3 Å². The maximum atomic E-state index is 6.22. The second kappa shape index (κ2) is 7.64. The molecule has 0 saturated carbocycles. The largest absolute Gasteiger partial charge is 0.438 e. The van der Waals surface area contributed by atoms with Crippen molar-refractivity contribution in [1.82, 2.24) is 10.3 Å². The lowest BCUT2D eigenvalue weighted by molar-refractivity contribution is 0.462. The average Bonchev–Trinajstić information content (AvgIpc) is 2.46. The van der Waals surface area contributed by atoms with Crippen LogP contribution in [0, 0.1) is 6.92 Å². The fourth-order valence-electron chi connectivity index (χ4n) is 1.84. The molecule has 1 N–H and O–H groups in total. The van der Waals surface area contributed by atoms with Crippen molar-refractivity contribution in [2.24, 2.45) is 0 Å². The van der Waals surface area contributed by atoms with Gasteiger partial charge in [0, 0.05) is 17.8 Å². The van der Waals surface area contributed by atoms with Gasteiger partial charge in [0.2, 0.25) is 5.88 Å². The van der Waals surface area contributed by atoms with E-state index in [4.69, 9.17) is 27.9 Å². The Morgan fingerprint density at radius 3 is 2.67 bits per heavy atom. The Bertz CT molecular complexity index is 617. The van der Waals surface area contributed by atoms with Gasteiger partial charge in [0.15, 0.2) is 0 Å². The van der Waals surface area contributed by atoms with Gasteiger partial charge in [-0.1, -0.05) is 30.1 Å². The standard InChI is InChI=1S/C16H18Cl2N2O/c1-3-6-19-9-12-8-15(18)16(20-10-12)21-13-4-5-14(17)11(2)7-13/h4-5,7-8,10,19H,3,6,9H2,1-2H3. The van der Waals surface area contributed by atoms with Gasteiger partial charge in [0.25, 0.3) is 0 Å². The van der Waals surface area contributed by atoms with Crippen molar-refractivity contribution >= 4 is 23.2 Å². The number of nitrogens with zero attached hydrogens (tertiary/aromatic N) is 1. The molecule has 0 unspecified atom stereocenters. The Hall–Kier alpha value is -1.29. The molecule has 0 aliphatic carbocycles. The van der Waals surface area contributed by atoms with Crippen LogP contribution in [-0.4, -0.2) is 11.5 Å². The minimum absolute atomic E-state index is 0.401. The first kappa shape index (κ1) is 16.1. The first-order chi connectivity index (χ1) is 10.1. The lowest BCUT2D eigenvalue weighted by Crippen LogP contribution is -2.13. The van der Waals surface area contributed by atoms with Crippen molar-refractivity contribution in [3.05, 3.63) is 51.6 Å². The molecule has 0 aliphatic heterocycles. The number of ether oxygens (including phenoxy) is 1. The highest BCUT2D eigenvalue weighted by molar-refractivity contribution is 6.32. The minimum atomic E-state index is 0.401. The number of nitrogens with one attached hydrogen (secondary N) is 1. The molecule has 2 rings (SSSR count). The molecule has 1 heterocycles. The van der Waals surface area contributed by atoms with Gasteiger partial charge < -0.3 is 10.1 Å². The molecule has 1 aromatic heterocycles. The summed E-state index contributed by atoms with van der Waals surface area (Å²) in [5, 5.41) is 4.51. The van der Waals surface area contributed by atoms with Crippen LogP contribution in [-0.2, 0) is 6.54 Å². The minimum Gasteiger partial charge on any atom is -0.438 e. The average molecular weight is 325 g/mol. The van der Waals surface area contributed by atoms with Crippen LogP contribution in [0.5, 0.6) is 11.6 Å². The molecular weight excluding hydrogens is 307 g/mol. The molecule has 0 fully saturated rings. The number of aromatic nitrogens is 1. The lowest BCUT2D eigenvalue weighted by atomic mass is 10.2. The molecular formula is C16H18Cl2N2O. The van der Waals surface area contributed by atoms with Gasteiger partial charge in [-0.15, -0.1) is 0 Å². The first-order valence-corrected chi connectivity index (χ1v) is 7.65. The third kappa shape index (κ3) is 4.60. The van der Waals surface area contributed by atoms with Gasteiger partial charge in [-0.25, -0.2) is 4.98 Å². The summed E-state index contributed by atoms with van der Waals surface area (Å²) in [5.74, 6) is 1.07. The molecule has 0 radical (unpaired) electrons. The van der Waals surface area contributed by atoms with Gasteiger partial charge >= 0.3 is 0 Å². The van der Waals surface area contributed by atoms with Crippen molar-refractivity contribution in [3.63, 3.8) is 0 Å². The molecule has 1 aromatic carbocycles. The van der Waals surface area contributed by atoms with Crippen LogP contribution in [0.15, 0.2) is 30.5 Å². The number of rotatable bonds is 6. The number of hydrogen-bond donors (Lipinski definition) is 1. The van der Waals surface area contributed by atoms with Gasteiger partial charge in [0.1, 0.15) is 10.8 Å². The summed E-state index contributed by atoms with van der Waals surface area (Å²) < 4.78 is 5.70. The Morgan fingerprint density at radius 2 is 2.00 bits per heavy atom. The van der Waals surface area contributed by atoms with E-state index < -0.39 is 0 Å². The predicted octanol–water partition coefficient (Wildman–Crippen LogP) is 4.99. The predicted molar refractivity (Wildman–Crippen MR) is 87.5 cm³/mol. The van der Waals surface area contributed by atoms with E-state index in [0.717, 1.165) is 30.6 Å². The molecule has 0 atom stereocenters. The maximum Gasteiger partial charge on any atom is 0.238 e. The van der Waals surface area contributed by atoms with E-state index in [0.29, 0.717) is 21.7 Å². The van der Waals surface area contributed by atoms with Crippen molar-refractivity contribution < 1.29 is 4.74 Å². The zero-order chi connectivity index (χ0) is 15.2. The summed E-state index contributed by atoms with van der Waals surface area (Å²) >= 11 is 12.2.